The summed E-state index contributed by atoms with van der Waals surface area (Å²) in [6, 6.07) is 0.351. The molecule has 1 saturated carbocycles. The number of nitrogens with one attached hydrogen (secondary N) is 1. The van der Waals surface area contributed by atoms with Gasteiger partial charge in [0.15, 0.2) is 0 Å². The lowest BCUT2D eigenvalue weighted by Crippen LogP contribution is -2.52. The van der Waals surface area contributed by atoms with Gasteiger partial charge in [0.25, 0.3) is 0 Å². The number of carbonyl (C=O) groups excluding carboxylic acids is 3. The van der Waals surface area contributed by atoms with Gasteiger partial charge in [0, 0.05) is 65.4 Å². The molecule has 0 aromatic carbocycles. The summed E-state index contributed by atoms with van der Waals surface area (Å²) in [7, 11) is 1.65. The van der Waals surface area contributed by atoms with Gasteiger partial charge in [0.05, 0.1) is 12.5 Å². The quantitative estimate of drug-likeness (QED) is 0.590. The number of ether oxygens (including phenoxy) is 1. The standard InChI is InChI=1S/C20H34N4O4/c1-28-12-4-7-21-18(25)15-22-8-10-23(11-9-22)20(27)16-13-19(26)24(14-16)17-5-2-3-6-17/h16-17H,2-15H2,1H3,(H,21,25). The van der Waals surface area contributed by atoms with Crippen LogP contribution in [0.3, 0.4) is 0 Å². The first kappa shape index (κ1) is 21.0. The number of nitrogens with zero attached hydrogens (tertiary/aromatic N) is 3. The Kier molecular flexibility index (Phi) is 7.67. The first-order chi connectivity index (χ1) is 13.6. The molecule has 0 aromatic rings. The molecule has 2 saturated heterocycles. The van der Waals surface area contributed by atoms with E-state index in [0.29, 0.717) is 64.9 Å². The molecule has 158 valence electrons. The minimum Gasteiger partial charge on any atom is -0.385 e. The lowest BCUT2D eigenvalue weighted by molar-refractivity contribution is -0.137. The van der Waals surface area contributed by atoms with Gasteiger partial charge in [-0.15, -0.1) is 0 Å². The van der Waals surface area contributed by atoms with Crippen LogP contribution >= 0.6 is 0 Å². The second kappa shape index (κ2) is 10.2. The van der Waals surface area contributed by atoms with E-state index in [9.17, 15) is 14.4 Å². The van der Waals surface area contributed by atoms with Gasteiger partial charge in [0.1, 0.15) is 0 Å². The van der Waals surface area contributed by atoms with Crippen molar-refractivity contribution in [3.63, 3.8) is 0 Å². The van der Waals surface area contributed by atoms with Crippen LogP contribution in [0.15, 0.2) is 0 Å². The van der Waals surface area contributed by atoms with Crippen LogP contribution in [0.5, 0.6) is 0 Å². The van der Waals surface area contributed by atoms with E-state index in [1.54, 1.807) is 7.11 Å². The first-order valence-corrected chi connectivity index (χ1v) is 10.6. The molecule has 2 heterocycles. The third-order valence-corrected chi connectivity index (χ3v) is 6.17. The van der Waals surface area contributed by atoms with Gasteiger partial charge in [-0.05, 0) is 19.3 Å². The molecule has 1 unspecified atom stereocenters. The van der Waals surface area contributed by atoms with Gasteiger partial charge in [-0.25, -0.2) is 0 Å². The molecule has 2 aliphatic heterocycles. The number of hydrogen-bond donors (Lipinski definition) is 1. The van der Waals surface area contributed by atoms with E-state index in [0.717, 1.165) is 19.3 Å². The van der Waals surface area contributed by atoms with E-state index in [1.165, 1.54) is 12.8 Å². The second-order valence-electron chi connectivity index (χ2n) is 8.18. The molecule has 28 heavy (non-hydrogen) atoms. The van der Waals surface area contributed by atoms with E-state index in [4.69, 9.17) is 4.74 Å². The summed E-state index contributed by atoms with van der Waals surface area (Å²) >= 11 is 0. The average Bonchev–Trinajstić information content (AvgIpc) is 3.35. The third kappa shape index (κ3) is 5.44. The Bertz CT molecular complexity index is 556. The average molecular weight is 395 g/mol. The highest BCUT2D eigenvalue weighted by Crippen LogP contribution is 2.30. The molecule has 0 bridgehead atoms. The fourth-order valence-electron chi connectivity index (χ4n) is 4.55. The van der Waals surface area contributed by atoms with Gasteiger partial charge in [-0.2, -0.15) is 0 Å². The summed E-state index contributed by atoms with van der Waals surface area (Å²) in [5, 5.41) is 2.90. The van der Waals surface area contributed by atoms with Crippen molar-refractivity contribution in [1.29, 1.82) is 0 Å². The van der Waals surface area contributed by atoms with Crippen LogP contribution in [-0.2, 0) is 19.1 Å². The van der Waals surface area contributed by atoms with Crippen molar-refractivity contribution in [1.82, 2.24) is 20.0 Å². The molecule has 0 radical (unpaired) electrons. The van der Waals surface area contributed by atoms with Crippen LogP contribution in [0.4, 0.5) is 0 Å². The van der Waals surface area contributed by atoms with E-state index < -0.39 is 0 Å². The fourth-order valence-corrected chi connectivity index (χ4v) is 4.55. The Balaban J connectivity index is 1.38. The normalized spacial score (nSPS) is 24.2. The van der Waals surface area contributed by atoms with Crippen LogP contribution in [0.2, 0.25) is 0 Å². The predicted octanol–water partition coefficient (Wildman–Crippen LogP) is 0.0744. The van der Waals surface area contributed by atoms with Crippen molar-refractivity contribution in [2.75, 3.05) is 59.5 Å². The predicted molar refractivity (Wildman–Crippen MR) is 105 cm³/mol. The molecule has 1 aliphatic carbocycles. The lowest BCUT2D eigenvalue weighted by atomic mass is 10.1. The molecule has 3 rings (SSSR count). The largest absolute Gasteiger partial charge is 0.385 e. The smallest absolute Gasteiger partial charge is 0.234 e. The van der Waals surface area contributed by atoms with Crippen LogP contribution in [-0.4, -0.2) is 98.0 Å². The van der Waals surface area contributed by atoms with Crippen molar-refractivity contribution in [2.45, 2.75) is 44.6 Å². The number of hydrogen-bond acceptors (Lipinski definition) is 5. The molecule has 3 aliphatic rings. The molecule has 3 amide bonds. The summed E-state index contributed by atoms with van der Waals surface area (Å²) in [6.45, 7) is 4.88. The van der Waals surface area contributed by atoms with Gasteiger partial charge in [-0.3, -0.25) is 19.3 Å². The number of likely N-dealkylation sites (tertiary alicyclic amines) is 1. The Labute approximate surface area is 167 Å². The van der Waals surface area contributed by atoms with Gasteiger partial charge in [-0.1, -0.05) is 12.8 Å². The Morgan fingerprint density at radius 1 is 1.14 bits per heavy atom. The first-order valence-electron chi connectivity index (χ1n) is 10.6. The number of rotatable bonds is 8. The highest BCUT2D eigenvalue weighted by molar-refractivity contribution is 5.89. The topological polar surface area (TPSA) is 82.2 Å². The van der Waals surface area contributed by atoms with Crippen LogP contribution in [0.1, 0.15) is 38.5 Å². The molecule has 0 aromatic heterocycles. The van der Waals surface area contributed by atoms with Crippen LogP contribution in [0, 0.1) is 5.92 Å². The molecule has 1 atom stereocenters. The number of methoxy groups -OCH3 is 1. The van der Waals surface area contributed by atoms with Crippen molar-refractivity contribution in [2.24, 2.45) is 5.92 Å². The summed E-state index contributed by atoms with van der Waals surface area (Å²) in [5.41, 5.74) is 0. The van der Waals surface area contributed by atoms with Crippen molar-refractivity contribution < 1.29 is 19.1 Å². The Hall–Kier alpha value is -1.67. The van der Waals surface area contributed by atoms with Crippen LogP contribution < -0.4 is 5.32 Å². The number of carbonyl (C=O) groups is 3. The summed E-state index contributed by atoms with van der Waals surface area (Å²) in [4.78, 5) is 43.1. The zero-order valence-corrected chi connectivity index (χ0v) is 17.0. The van der Waals surface area contributed by atoms with Gasteiger partial charge >= 0.3 is 0 Å². The Morgan fingerprint density at radius 2 is 1.86 bits per heavy atom. The molecule has 1 N–H and O–H groups in total. The highest BCUT2D eigenvalue weighted by Gasteiger charge is 2.40. The highest BCUT2D eigenvalue weighted by atomic mass is 16.5. The molecule has 8 nitrogen and oxygen atoms in total. The maximum Gasteiger partial charge on any atom is 0.234 e. The zero-order chi connectivity index (χ0) is 19.9. The van der Waals surface area contributed by atoms with E-state index in [2.05, 4.69) is 10.2 Å². The van der Waals surface area contributed by atoms with Crippen molar-refractivity contribution >= 4 is 17.7 Å². The second-order valence-corrected chi connectivity index (χ2v) is 8.18. The molecule has 3 fully saturated rings. The minimum atomic E-state index is -0.191. The summed E-state index contributed by atoms with van der Waals surface area (Å²) < 4.78 is 4.97. The summed E-state index contributed by atoms with van der Waals surface area (Å²) in [5.74, 6) is 0.0831. The van der Waals surface area contributed by atoms with E-state index in [1.807, 2.05) is 9.80 Å². The van der Waals surface area contributed by atoms with E-state index >= 15 is 0 Å². The number of piperazine rings is 1. The molecule has 0 spiro atoms. The lowest BCUT2D eigenvalue weighted by Gasteiger charge is -2.35. The fraction of sp³-hybridized carbons (Fsp3) is 0.850. The number of amides is 3. The van der Waals surface area contributed by atoms with Gasteiger partial charge in [0.2, 0.25) is 17.7 Å². The maximum absolute atomic E-state index is 12.9. The van der Waals surface area contributed by atoms with Crippen LogP contribution in [0.25, 0.3) is 0 Å². The van der Waals surface area contributed by atoms with Crippen molar-refractivity contribution in [3.8, 4) is 0 Å². The Morgan fingerprint density at radius 3 is 2.54 bits per heavy atom. The van der Waals surface area contributed by atoms with Crippen molar-refractivity contribution in [3.05, 3.63) is 0 Å². The third-order valence-electron chi connectivity index (χ3n) is 6.17. The molecular weight excluding hydrogens is 360 g/mol. The SMILES string of the molecule is COCCCNC(=O)CN1CCN(C(=O)C2CC(=O)N(C3CCCC3)C2)CC1. The van der Waals surface area contributed by atoms with E-state index in [-0.39, 0.29) is 23.6 Å². The molecular formula is C20H34N4O4. The monoisotopic (exact) mass is 394 g/mol. The minimum absolute atomic E-state index is 0.0180. The van der Waals surface area contributed by atoms with Gasteiger partial charge < -0.3 is 19.9 Å². The zero-order valence-electron chi connectivity index (χ0n) is 17.0. The maximum atomic E-state index is 12.9. The molecule has 8 heteroatoms. The summed E-state index contributed by atoms with van der Waals surface area (Å²) in [6.07, 6.45) is 5.71.